The molecule has 2 amide bonds. The number of amides is 2. The number of rotatable bonds is 5. The van der Waals surface area contributed by atoms with Crippen LogP contribution in [0.2, 0.25) is 0 Å². The molecule has 7 heteroatoms. The average Bonchev–Trinajstić information content (AvgIpc) is 3.04. The number of likely N-dealkylation sites (N-methyl/N-ethyl adjacent to an activating group) is 1. The van der Waals surface area contributed by atoms with Gasteiger partial charge in [0.15, 0.2) is 6.61 Å². The van der Waals surface area contributed by atoms with Crippen LogP contribution < -0.4 is 10.4 Å². The molecule has 30 heavy (non-hydrogen) atoms. The first-order valence-corrected chi connectivity index (χ1v) is 10.5. The predicted molar refractivity (Wildman–Crippen MR) is 113 cm³/mol. The number of ether oxygens (including phenoxy) is 1. The Morgan fingerprint density at radius 1 is 1.23 bits per heavy atom. The Balaban J connectivity index is 1.46. The zero-order valence-electron chi connectivity index (χ0n) is 17.8. The molecule has 1 aliphatic carbocycles. The molecular weight excluding hydrogens is 384 g/mol. The van der Waals surface area contributed by atoms with Crippen LogP contribution in [0.4, 0.5) is 0 Å². The molecule has 1 fully saturated rings. The maximum Gasteiger partial charge on any atom is 0.339 e. The normalized spacial score (nSPS) is 18.6. The highest BCUT2D eigenvalue weighted by Gasteiger charge is 2.28. The van der Waals surface area contributed by atoms with Gasteiger partial charge >= 0.3 is 5.63 Å². The molecule has 1 aliphatic heterocycles. The second kappa shape index (κ2) is 8.13. The van der Waals surface area contributed by atoms with Crippen molar-refractivity contribution in [3.05, 3.63) is 39.2 Å². The number of likely N-dealkylation sites (tertiary alicyclic amines) is 1. The lowest BCUT2D eigenvalue weighted by Crippen LogP contribution is -2.36. The Kier molecular flexibility index (Phi) is 5.54. The van der Waals surface area contributed by atoms with Crippen LogP contribution in [0.1, 0.15) is 36.0 Å². The fourth-order valence-corrected chi connectivity index (χ4v) is 4.60. The molecule has 7 nitrogen and oxygen atoms in total. The van der Waals surface area contributed by atoms with Gasteiger partial charge in [0.2, 0.25) is 5.91 Å². The minimum absolute atomic E-state index is 0.103. The number of carbonyl (C=O) groups excluding carboxylic acids is 2. The summed E-state index contributed by atoms with van der Waals surface area (Å²) in [4.78, 5) is 39.9. The largest absolute Gasteiger partial charge is 0.483 e. The zero-order chi connectivity index (χ0) is 21.4. The van der Waals surface area contributed by atoms with Gasteiger partial charge < -0.3 is 19.0 Å². The minimum Gasteiger partial charge on any atom is -0.483 e. The third kappa shape index (κ3) is 3.80. The monoisotopic (exact) mass is 412 g/mol. The van der Waals surface area contributed by atoms with E-state index in [2.05, 4.69) is 0 Å². The molecule has 0 bridgehead atoms. The smallest absolute Gasteiger partial charge is 0.339 e. The molecule has 160 valence electrons. The molecule has 0 N–H and O–H groups in total. The molecule has 1 unspecified atom stereocenters. The van der Waals surface area contributed by atoms with E-state index in [1.807, 2.05) is 19.1 Å². The summed E-state index contributed by atoms with van der Waals surface area (Å²) in [5, 5.41) is 0.965. The molecule has 2 aliphatic rings. The third-order valence-corrected chi connectivity index (χ3v) is 6.32. The summed E-state index contributed by atoms with van der Waals surface area (Å²) in [5.74, 6) is 0.661. The van der Waals surface area contributed by atoms with Gasteiger partial charge in [-0.2, -0.15) is 0 Å². The highest BCUT2D eigenvalue weighted by Crippen LogP contribution is 2.32. The van der Waals surface area contributed by atoms with Crippen LogP contribution in [0.25, 0.3) is 11.0 Å². The lowest BCUT2D eigenvalue weighted by Gasteiger charge is -2.21. The van der Waals surface area contributed by atoms with E-state index in [1.54, 1.807) is 23.9 Å². The fraction of sp³-hybridized carbons (Fsp3) is 0.522. The molecule has 2 heterocycles. The van der Waals surface area contributed by atoms with Crippen molar-refractivity contribution >= 4 is 22.8 Å². The maximum atomic E-state index is 12.5. The number of carbonyl (C=O) groups is 2. The summed E-state index contributed by atoms with van der Waals surface area (Å²) in [6, 6.07) is 3.78. The van der Waals surface area contributed by atoms with Gasteiger partial charge in [-0.25, -0.2) is 4.79 Å². The lowest BCUT2D eigenvalue weighted by molar-refractivity contribution is -0.132. The predicted octanol–water partition coefficient (Wildman–Crippen LogP) is 2.30. The van der Waals surface area contributed by atoms with Crippen molar-refractivity contribution in [1.82, 2.24) is 9.80 Å². The Bertz CT molecular complexity index is 1060. The first kappa shape index (κ1) is 20.4. The second-order valence-corrected chi connectivity index (χ2v) is 8.53. The molecule has 1 aromatic heterocycles. The van der Waals surface area contributed by atoms with Crippen LogP contribution >= 0.6 is 0 Å². The molecule has 0 spiro atoms. The lowest BCUT2D eigenvalue weighted by atomic mass is 9.90. The van der Waals surface area contributed by atoms with Gasteiger partial charge in [-0.05, 0) is 50.3 Å². The Morgan fingerprint density at radius 3 is 2.67 bits per heavy atom. The fourth-order valence-electron chi connectivity index (χ4n) is 4.60. The standard InChI is InChI=1S/C23H28N2O5/c1-14-19(29-13-21(27)25(3)12-15-10-20(26)24(2)11-15)9-8-17-16-6-4-5-7-18(16)23(28)30-22(14)17/h8-9,15H,4-7,10-13H2,1-3H3. The van der Waals surface area contributed by atoms with Crippen LogP contribution in [-0.2, 0) is 22.4 Å². The number of hydrogen-bond donors (Lipinski definition) is 0. The average molecular weight is 412 g/mol. The van der Waals surface area contributed by atoms with E-state index in [9.17, 15) is 14.4 Å². The highest BCUT2D eigenvalue weighted by atomic mass is 16.5. The molecule has 2 aromatic rings. The van der Waals surface area contributed by atoms with Crippen molar-refractivity contribution in [2.24, 2.45) is 5.92 Å². The van der Waals surface area contributed by atoms with E-state index in [0.717, 1.165) is 47.8 Å². The van der Waals surface area contributed by atoms with E-state index < -0.39 is 0 Å². The highest BCUT2D eigenvalue weighted by molar-refractivity contribution is 5.86. The zero-order valence-corrected chi connectivity index (χ0v) is 17.8. The quantitative estimate of drug-likeness (QED) is 0.704. The first-order valence-electron chi connectivity index (χ1n) is 10.5. The van der Waals surface area contributed by atoms with E-state index in [-0.39, 0.29) is 30.0 Å². The minimum atomic E-state index is -0.260. The Labute approximate surface area is 175 Å². The number of nitrogens with zero attached hydrogens (tertiary/aromatic N) is 2. The van der Waals surface area contributed by atoms with Crippen molar-refractivity contribution in [1.29, 1.82) is 0 Å². The maximum absolute atomic E-state index is 12.5. The summed E-state index contributed by atoms with van der Waals surface area (Å²) < 4.78 is 11.4. The van der Waals surface area contributed by atoms with E-state index in [0.29, 0.717) is 30.8 Å². The number of benzene rings is 1. The van der Waals surface area contributed by atoms with Crippen molar-refractivity contribution in [3.8, 4) is 5.75 Å². The van der Waals surface area contributed by atoms with Gasteiger partial charge in [-0.3, -0.25) is 9.59 Å². The molecule has 4 rings (SSSR count). The van der Waals surface area contributed by atoms with Gasteiger partial charge in [0.1, 0.15) is 11.3 Å². The third-order valence-electron chi connectivity index (χ3n) is 6.32. The molecule has 0 saturated carbocycles. The number of hydrogen-bond acceptors (Lipinski definition) is 5. The van der Waals surface area contributed by atoms with Crippen LogP contribution in [0.5, 0.6) is 5.75 Å². The van der Waals surface area contributed by atoms with Crippen molar-refractivity contribution in [3.63, 3.8) is 0 Å². The molecule has 1 aromatic carbocycles. The summed E-state index contributed by atoms with van der Waals surface area (Å²) >= 11 is 0. The van der Waals surface area contributed by atoms with Gasteiger partial charge in [0.05, 0.1) is 0 Å². The molecule has 0 radical (unpaired) electrons. The van der Waals surface area contributed by atoms with E-state index in [4.69, 9.17) is 9.15 Å². The second-order valence-electron chi connectivity index (χ2n) is 8.53. The van der Waals surface area contributed by atoms with Gasteiger partial charge in [0, 0.05) is 56.0 Å². The van der Waals surface area contributed by atoms with Crippen molar-refractivity contribution in [2.45, 2.75) is 39.0 Å². The summed E-state index contributed by atoms with van der Waals surface area (Å²) in [6.45, 7) is 2.94. The van der Waals surface area contributed by atoms with Crippen LogP contribution in [0.3, 0.4) is 0 Å². The molecule has 1 saturated heterocycles. The summed E-state index contributed by atoms with van der Waals surface area (Å²) in [7, 11) is 3.51. The topological polar surface area (TPSA) is 80.1 Å². The molecule has 1 atom stereocenters. The van der Waals surface area contributed by atoms with E-state index in [1.165, 1.54) is 0 Å². The first-order chi connectivity index (χ1) is 14.3. The van der Waals surface area contributed by atoms with Crippen LogP contribution in [-0.4, -0.2) is 55.4 Å². The SMILES string of the molecule is Cc1c(OCC(=O)N(C)CC2CC(=O)N(C)C2)ccc2c3c(c(=O)oc12)CCCC3. The molecular formula is C23H28N2O5. The van der Waals surface area contributed by atoms with Crippen molar-refractivity contribution in [2.75, 3.05) is 33.8 Å². The van der Waals surface area contributed by atoms with Gasteiger partial charge in [-0.1, -0.05) is 0 Å². The summed E-state index contributed by atoms with van der Waals surface area (Å²) in [5.41, 5.74) is 2.91. The Hall–Kier alpha value is -2.83. The van der Waals surface area contributed by atoms with Crippen LogP contribution in [0, 0.1) is 12.8 Å². The summed E-state index contributed by atoms with van der Waals surface area (Å²) in [6.07, 6.45) is 4.23. The van der Waals surface area contributed by atoms with Crippen molar-refractivity contribution < 1.29 is 18.7 Å². The Morgan fingerprint density at radius 2 is 1.97 bits per heavy atom. The van der Waals surface area contributed by atoms with Gasteiger partial charge in [-0.15, -0.1) is 0 Å². The van der Waals surface area contributed by atoms with E-state index >= 15 is 0 Å². The van der Waals surface area contributed by atoms with Gasteiger partial charge in [0.25, 0.3) is 5.91 Å². The number of aryl methyl sites for hydroxylation is 2. The van der Waals surface area contributed by atoms with Crippen LogP contribution in [0.15, 0.2) is 21.3 Å². The number of fused-ring (bicyclic) bond motifs is 3.